The molecular weight excluding hydrogens is 326 g/mol. The van der Waals surface area contributed by atoms with E-state index in [4.69, 9.17) is 9.88 Å². The molecule has 0 saturated heterocycles. The number of hydrogen-bond donors (Lipinski definition) is 2. The van der Waals surface area contributed by atoms with Crippen LogP contribution in [-0.2, 0) is 19.6 Å². The van der Waals surface area contributed by atoms with Gasteiger partial charge in [-0.2, -0.15) is 0 Å². The fraction of sp³-hybridized carbons (Fsp3) is 0.308. The zero-order valence-corrected chi connectivity index (χ0v) is 13.0. The fourth-order valence-corrected chi connectivity index (χ4v) is 1.89. The number of carbonyl (C=O) groups excluding carboxylic acids is 1. The molecule has 0 aliphatic rings. The first-order chi connectivity index (χ1) is 10.8. The molecule has 0 bridgehead atoms. The topological polar surface area (TPSA) is 142 Å². The number of benzene rings is 1. The van der Waals surface area contributed by atoms with Gasteiger partial charge in [-0.25, -0.2) is 13.6 Å². The number of carbonyl (C=O) groups is 1. The zero-order valence-electron chi connectivity index (χ0n) is 12.2. The van der Waals surface area contributed by atoms with Gasteiger partial charge in [-0.1, -0.05) is 12.1 Å². The minimum atomic E-state index is -3.56. The highest BCUT2D eigenvalue weighted by Crippen LogP contribution is 2.18. The molecule has 9 nitrogen and oxygen atoms in total. The van der Waals surface area contributed by atoms with E-state index in [2.05, 4.69) is 5.32 Å². The maximum absolute atomic E-state index is 11.6. The highest BCUT2D eigenvalue weighted by atomic mass is 32.2. The van der Waals surface area contributed by atoms with Crippen molar-refractivity contribution in [3.05, 3.63) is 46.0 Å². The highest BCUT2D eigenvalue weighted by Gasteiger charge is 2.09. The first-order valence-corrected chi connectivity index (χ1v) is 8.28. The molecule has 0 aliphatic heterocycles. The number of nitro benzene ring substituents is 1. The standard InChI is InChI=1S/C13H17N3O6S/c14-23(20,21)10-9-22-8-7-15-13(17)6-5-11-3-1-2-4-12(11)16(18)19/h1-6H,7-10H2,(H,15,17)(H2,14,20,21)/b6-5+. The van der Waals surface area contributed by atoms with Gasteiger partial charge in [0, 0.05) is 18.7 Å². The van der Waals surface area contributed by atoms with Crippen LogP contribution in [0, 0.1) is 10.1 Å². The van der Waals surface area contributed by atoms with Crippen LogP contribution in [0.2, 0.25) is 0 Å². The molecule has 1 rings (SSSR count). The average molecular weight is 343 g/mol. The summed E-state index contributed by atoms with van der Waals surface area (Å²) in [5, 5.41) is 18.1. The molecule has 10 heteroatoms. The molecule has 0 radical (unpaired) electrons. The lowest BCUT2D eigenvalue weighted by Crippen LogP contribution is -2.27. The lowest BCUT2D eigenvalue weighted by atomic mass is 10.1. The summed E-state index contributed by atoms with van der Waals surface area (Å²) in [6.45, 7) is 0.242. The molecule has 1 aromatic carbocycles. The molecule has 0 saturated carbocycles. The van der Waals surface area contributed by atoms with E-state index in [1.807, 2.05) is 0 Å². The van der Waals surface area contributed by atoms with Gasteiger partial charge in [0.2, 0.25) is 15.9 Å². The summed E-state index contributed by atoms with van der Waals surface area (Å²) < 4.78 is 26.3. The van der Waals surface area contributed by atoms with Gasteiger partial charge < -0.3 is 10.1 Å². The van der Waals surface area contributed by atoms with Crippen molar-refractivity contribution in [1.82, 2.24) is 5.32 Å². The van der Waals surface area contributed by atoms with E-state index >= 15 is 0 Å². The number of primary sulfonamides is 1. The predicted molar refractivity (Wildman–Crippen MR) is 83.9 cm³/mol. The third kappa shape index (κ3) is 8.04. The highest BCUT2D eigenvalue weighted by molar-refractivity contribution is 7.89. The molecule has 23 heavy (non-hydrogen) atoms. The normalized spacial score (nSPS) is 11.5. The summed E-state index contributed by atoms with van der Waals surface area (Å²) in [5.74, 6) is -0.739. The number of amides is 1. The van der Waals surface area contributed by atoms with Crippen molar-refractivity contribution in [2.45, 2.75) is 0 Å². The number of rotatable bonds is 9. The van der Waals surface area contributed by atoms with E-state index in [1.54, 1.807) is 6.07 Å². The van der Waals surface area contributed by atoms with Gasteiger partial charge in [0.15, 0.2) is 0 Å². The molecule has 0 fully saturated rings. The Morgan fingerprint density at radius 1 is 1.35 bits per heavy atom. The van der Waals surface area contributed by atoms with Crippen LogP contribution in [0.5, 0.6) is 0 Å². The minimum absolute atomic E-state index is 0.0548. The van der Waals surface area contributed by atoms with Crippen LogP contribution in [0.25, 0.3) is 6.08 Å². The third-order valence-corrected chi connectivity index (χ3v) is 3.34. The van der Waals surface area contributed by atoms with Crippen molar-refractivity contribution >= 4 is 27.7 Å². The van der Waals surface area contributed by atoms with E-state index in [0.717, 1.165) is 0 Å². The molecule has 126 valence electrons. The second-order valence-corrected chi connectivity index (χ2v) is 6.15. The van der Waals surface area contributed by atoms with Crippen molar-refractivity contribution in [2.24, 2.45) is 5.14 Å². The van der Waals surface area contributed by atoms with Crippen molar-refractivity contribution < 1.29 is 22.9 Å². The number of sulfonamides is 1. The lowest BCUT2D eigenvalue weighted by Gasteiger charge is -2.04. The van der Waals surface area contributed by atoms with E-state index < -0.39 is 20.9 Å². The Kier molecular flexibility index (Phi) is 7.32. The summed E-state index contributed by atoms with van der Waals surface area (Å²) in [4.78, 5) is 21.8. The zero-order chi connectivity index (χ0) is 17.3. The number of para-hydroxylation sites is 1. The summed E-state index contributed by atoms with van der Waals surface area (Å²) in [7, 11) is -3.56. The first-order valence-electron chi connectivity index (χ1n) is 6.57. The van der Waals surface area contributed by atoms with Crippen LogP contribution in [0.4, 0.5) is 5.69 Å². The molecule has 0 aliphatic carbocycles. The average Bonchev–Trinajstić information content (AvgIpc) is 2.47. The molecular formula is C13H17N3O6S. The first kappa shape index (κ1) is 18.7. The maximum atomic E-state index is 11.6. The molecule has 0 aromatic heterocycles. The second kappa shape index (κ2) is 8.98. The Hall–Kier alpha value is -2.30. The summed E-state index contributed by atoms with van der Waals surface area (Å²) in [6.07, 6.45) is 2.52. The van der Waals surface area contributed by atoms with Crippen LogP contribution in [0.3, 0.4) is 0 Å². The smallest absolute Gasteiger partial charge is 0.276 e. The predicted octanol–water partition coefficient (Wildman–Crippen LogP) is 0.0293. The number of ether oxygens (including phenoxy) is 1. The Morgan fingerprint density at radius 3 is 2.70 bits per heavy atom. The SMILES string of the molecule is NS(=O)(=O)CCOCCNC(=O)/C=C/c1ccccc1[N+](=O)[O-]. The van der Waals surface area contributed by atoms with Crippen molar-refractivity contribution in [3.8, 4) is 0 Å². The molecule has 0 unspecified atom stereocenters. The minimum Gasteiger partial charge on any atom is -0.379 e. The molecule has 1 amide bonds. The molecule has 0 atom stereocenters. The van der Waals surface area contributed by atoms with Crippen LogP contribution in [0.15, 0.2) is 30.3 Å². The van der Waals surface area contributed by atoms with Crippen molar-refractivity contribution in [3.63, 3.8) is 0 Å². The largest absolute Gasteiger partial charge is 0.379 e. The summed E-state index contributed by atoms with van der Waals surface area (Å²) in [6, 6.07) is 6.04. The number of hydrogen-bond acceptors (Lipinski definition) is 6. The van der Waals surface area contributed by atoms with Crippen molar-refractivity contribution in [1.29, 1.82) is 0 Å². The van der Waals surface area contributed by atoms with Gasteiger partial charge in [0.1, 0.15) is 0 Å². The van der Waals surface area contributed by atoms with Gasteiger partial charge in [0.25, 0.3) is 5.69 Å². The van der Waals surface area contributed by atoms with E-state index in [-0.39, 0.29) is 31.2 Å². The fourth-order valence-electron chi connectivity index (χ4n) is 1.54. The number of nitrogens with one attached hydrogen (secondary N) is 1. The number of nitrogens with two attached hydrogens (primary N) is 1. The van der Waals surface area contributed by atoms with Crippen LogP contribution >= 0.6 is 0 Å². The quantitative estimate of drug-likeness (QED) is 0.280. The lowest BCUT2D eigenvalue weighted by molar-refractivity contribution is -0.385. The van der Waals surface area contributed by atoms with Crippen LogP contribution in [0.1, 0.15) is 5.56 Å². The maximum Gasteiger partial charge on any atom is 0.276 e. The second-order valence-electron chi connectivity index (χ2n) is 4.42. The van der Waals surface area contributed by atoms with Crippen LogP contribution in [-0.4, -0.2) is 44.8 Å². The Labute approximate surface area is 133 Å². The van der Waals surface area contributed by atoms with Gasteiger partial charge in [-0.3, -0.25) is 14.9 Å². The van der Waals surface area contributed by atoms with E-state index in [9.17, 15) is 23.3 Å². The summed E-state index contributed by atoms with van der Waals surface area (Å²) in [5.41, 5.74) is 0.222. The Bertz CT molecular complexity index is 687. The molecule has 0 heterocycles. The number of nitrogens with zero attached hydrogens (tertiary/aromatic N) is 1. The van der Waals surface area contributed by atoms with Gasteiger partial charge >= 0.3 is 0 Å². The van der Waals surface area contributed by atoms with Gasteiger partial charge in [-0.05, 0) is 12.1 Å². The van der Waals surface area contributed by atoms with Crippen LogP contribution < -0.4 is 10.5 Å². The van der Waals surface area contributed by atoms with E-state index in [0.29, 0.717) is 5.56 Å². The van der Waals surface area contributed by atoms with Crippen molar-refractivity contribution in [2.75, 3.05) is 25.5 Å². The van der Waals surface area contributed by atoms with E-state index in [1.165, 1.54) is 30.4 Å². The monoisotopic (exact) mass is 343 g/mol. The Morgan fingerprint density at radius 2 is 2.04 bits per heavy atom. The number of nitro groups is 1. The third-order valence-electron chi connectivity index (χ3n) is 2.61. The summed E-state index contributed by atoms with van der Waals surface area (Å²) >= 11 is 0. The van der Waals surface area contributed by atoms with Gasteiger partial charge in [0.05, 0.1) is 29.5 Å². The Balaban J connectivity index is 2.36. The molecule has 1 aromatic rings. The molecule has 0 spiro atoms. The molecule has 3 N–H and O–H groups in total. The van der Waals surface area contributed by atoms with Gasteiger partial charge in [-0.15, -0.1) is 0 Å².